The molecule has 0 radical (unpaired) electrons. The number of ether oxygens (including phenoxy) is 1. The second-order valence-corrected chi connectivity index (χ2v) is 4.30. The average Bonchev–Trinajstić information content (AvgIpc) is 2.41. The lowest BCUT2D eigenvalue weighted by molar-refractivity contribution is -0.137. The number of carbonyl (C=O) groups excluding carboxylic acids is 1. The number of morpholine rings is 1. The number of phenolic OH excluding ortho intramolecular Hbond substituents is 1. The molecule has 1 fully saturated rings. The summed E-state index contributed by atoms with van der Waals surface area (Å²) in [6, 6.07) is 1.67. The summed E-state index contributed by atoms with van der Waals surface area (Å²) in [5, 5.41) is 14.6. The van der Waals surface area contributed by atoms with Crippen LogP contribution in [-0.4, -0.2) is 36.8 Å². The molecule has 0 spiro atoms. The molecule has 0 aromatic heterocycles. The van der Waals surface area contributed by atoms with Gasteiger partial charge in [0.25, 0.3) is 0 Å². The number of aromatic hydroxyl groups is 1. The SMILES string of the molecule is O=C(Nc1cc(C(F)(F)F)ccc1O)C1COCCN1. The molecular weight excluding hydrogens is 277 g/mol. The second-order valence-electron chi connectivity index (χ2n) is 4.30. The summed E-state index contributed by atoms with van der Waals surface area (Å²) < 4.78 is 42.8. The van der Waals surface area contributed by atoms with Gasteiger partial charge in [0.05, 0.1) is 24.5 Å². The van der Waals surface area contributed by atoms with Gasteiger partial charge in [-0.3, -0.25) is 4.79 Å². The third kappa shape index (κ3) is 3.40. The second kappa shape index (κ2) is 5.68. The number of carbonyl (C=O) groups is 1. The monoisotopic (exact) mass is 290 g/mol. The summed E-state index contributed by atoms with van der Waals surface area (Å²) in [4.78, 5) is 11.8. The van der Waals surface area contributed by atoms with Crippen LogP contribution in [0, 0.1) is 0 Å². The third-order valence-corrected chi connectivity index (χ3v) is 2.82. The summed E-state index contributed by atoms with van der Waals surface area (Å²) in [5.74, 6) is -0.984. The zero-order valence-corrected chi connectivity index (χ0v) is 10.3. The van der Waals surface area contributed by atoms with Crippen molar-refractivity contribution < 1.29 is 27.8 Å². The van der Waals surface area contributed by atoms with Crippen molar-refractivity contribution in [1.29, 1.82) is 0 Å². The number of nitrogens with one attached hydrogen (secondary N) is 2. The minimum Gasteiger partial charge on any atom is -0.506 e. The van der Waals surface area contributed by atoms with Gasteiger partial charge >= 0.3 is 6.18 Å². The molecule has 1 aromatic carbocycles. The summed E-state index contributed by atoms with van der Waals surface area (Å²) in [6.45, 7) is 1.08. The van der Waals surface area contributed by atoms with Gasteiger partial charge in [-0.1, -0.05) is 0 Å². The number of rotatable bonds is 2. The van der Waals surface area contributed by atoms with Crippen LogP contribution in [0.15, 0.2) is 18.2 Å². The first-order valence-corrected chi connectivity index (χ1v) is 5.90. The Bertz CT molecular complexity index is 499. The smallest absolute Gasteiger partial charge is 0.416 e. The molecular formula is C12H13F3N2O3. The van der Waals surface area contributed by atoms with Crippen molar-refractivity contribution >= 4 is 11.6 Å². The summed E-state index contributed by atoms with van der Waals surface area (Å²) in [7, 11) is 0. The van der Waals surface area contributed by atoms with E-state index in [-0.39, 0.29) is 12.3 Å². The number of halogens is 3. The lowest BCUT2D eigenvalue weighted by Crippen LogP contribution is -2.48. The van der Waals surface area contributed by atoms with Gasteiger partial charge in [0.1, 0.15) is 11.8 Å². The Labute approximate surface area is 112 Å². The van der Waals surface area contributed by atoms with Gasteiger partial charge in [-0.25, -0.2) is 0 Å². The first-order chi connectivity index (χ1) is 9.38. The largest absolute Gasteiger partial charge is 0.506 e. The standard InChI is InChI=1S/C12H13F3N2O3/c13-12(14,15)7-1-2-10(18)8(5-7)17-11(19)9-6-20-4-3-16-9/h1-2,5,9,16,18H,3-4,6H2,(H,17,19). The zero-order chi connectivity index (χ0) is 14.8. The molecule has 8 heteroatoms. The average molecular weight is 290 g/mol. The fourth-order valence-electron chi connectivity index (χ4n) is 1.77. The van der Waals surface area contributed by atoms with E-state index in [0.717, 1.165) is 12.1 Å². The Morgan fingerprint density at radius 1 is 1.45 bits per heavy atom. The predicted octanol–water partition coefficient (Wildman–Crippen LogP) is 1.34. The maximum Gasteiger partial charge on any atom is 0.416 e. The highest BCUT2D eigenvalue weighted by molar-refractivity contribution is 5.96. The van der Waals surface area contributed by atoms with Crippen molar-refractivity contribution in [3.8, 4) is 5.75 Å². The molecule has 5 nitrogen and oxygen atoms in total. The molecule has 0 saturated carbocycles. The normalized spacial score (nSPS) is 19.6. The van der Waals surface area contributed by atoms with E-state index in [1.165, 1.54) is 0 Å². The highest BCUT2D eigenvalue weighted by Gasteiger charge is 2.31. The van der Waals surface area contributed by atoms with Gasteiger partial charge in [0, 0.05) is 6.54 Å². The Balaban J connectivity index is 2.13. The van der Waals surface area contributed by atoms with E-state index in [4.69, 9.17) is 4.74 Å². The lowest BCUT2D eigenvalue weighted by atomic mass is 10.1. The zero-order valence-electron chi connectivity index (χ0n) is 10.3. The van der Waals surface area contributed by atoms with Gasteiger partial charge in [-0.05, 0) is 18.2 Å². The van der Waals surface area contributed by atoms with E-state index >= 15 is 0 Å². The van der Waals surface area contributed by atoms with Crippen LogP contribution in [0.25, 0.3) is 0 Å². The van der Waals surface area contributed by atoms with E-state index in [1.54, 1.807) is 0 Å². The molecule has 1 heterocycles. The van der Waals surface area contributed by atoms with Crippen LogP contribution in [0.4, 0.5) is 18.9 Å². The number of hydrogen-bond donors (Lipinski definition) is 3. The van der Waals surface area contributed by atoms with Crippen LogP contribution in [0.1, 0.15) is 5.56 Å². The summed E-state index contributed by atoms with van der Waals surface area (Å²) in [5.41, 5.74) is -1.23. The summed E-state index contributed by atoms with van der Waals surface area (Å²) in [6.07, 6.45) is -4.54. The van der Waals surface area contributed by atoms with Crippen molar-refractivity contribution in [2.75, 3.05) is 25.1 Å². The minimum absolute atomic E-state index is 0.131. The topological polar surface area (TPSA) is 70.6 Å². The van der Waals surface area contributed by atoms with Crippen molar-refractivity contribution in [2.45, 2.75) is 12.2 Å². The van der Waals surface area contributed by atoms with Crippen LogP contribution in [0.5, 0.6) is 5.75 Å². The Kier molecular flexibility index (Phi) is 4.15. The van der Waals surface area contributed by atoms with E-state index in [0.29, 0.717) is 19.2 Å². The van der Waals surface area contributed by atoms with Crippen LogP contribution in [0.2, 0.25) is 0 Å². The van der Waals surface area contributed by atoms with E-state index < -0.39 is 29.4 Å². The number of phenols is 1. The quantitative estimate of drug-likeness (QED) is 0.719. The molecule has 3 N–H and O–H groups in total. The molecule has 20 heavy (non-hydrogen) atoms. The van der Waals surface area contributed by atoms with Crippen molar-refractivity contribution in [3.05, 3.63) is 23.8 Å². The van der Waals surface area contributed by atoms with E-state index in [1.807, 2.05) is 0 Å². The Morgan fingerprint density at radius 3 is 2.80 bits per heavy atom. The first kappa shape index (κ1) is 14.6. The van der Waals surface area contributed by atoms with Gasteiger partial charge in [-0.2, -0.15) is 13.2 Å². The predicted molar refractivity (Wildman–Crippen MR) is 64.3 cm³/mol. The van der Waals surface area contributed by atoms with Crippen LogP contribution in [0.3, 0.4) is 0 Å². The highest BCUT2D eigenvalue weighted by atomic mass is 19.4. The number of benzene rings is 1. The fourth-order valence-corrected chi connectivity index (χ4v) is 1.77. The molecule has 2 rings (SSSR count). The Hall–Kier alpha value is -1.80. The minimum atomic E-state index is -4.54. The maximum atomic E-state index is 12.6. The molecule has 1 atom stereocenters. The molecule has 110 valence electrons. The molecule has 1 aliphatic rings. The lowest BCUT2D eigenvalue weighted by Gasteiger charge is -2.23. The maximum absolute atomic E-state index is 12.6. The first-order valence-electron chi connectivity index (χ1n) is 5.90. The van der Waals surface area contributed by atoms with Crippen molar-refractivity contribution in [3.63, 3.8) is 0 Å². The number of alkyl halides is 3. The number of amides is 1. The van der Waals surface area contributed by atoms with Gasteiger partial charge < -0.3 is 20.5 Å². The fraction of sp³-hybridized carbons (Fsp3) is 0.417. The molecule has 1 aromatic rings. The molecule has 1 saturated heterocycles. The molecule has 1 unspecified atom stereocenters. The highest BCUT2D eigenvalue weighted by Crippen LogP contribution is 2.34. The van der Waals surface area contributed by atoms with E-state index in [2.05, 4.69) is 10.6 Å². The summed E-state index contributed by atoms with van der Waals surface area (Å²) >= 11 is 0. The number of anilines is 1. The number of hydrogen-bond acceptors (Lipinski definition) is 4. The molecule has 1 aliphatic heterocycles. The van der Waals surface area contributed by atoms with Gasteiger partial charge in [-0.15, -0.1) is 0 Å². The van der Waals surface area contributed by atoms with Gasteiger partial charge in [0.15, 0.2) is 0 Å². The van der Waals surface area contributed by atoms with Crippen LogP contribution in [-0.2, 0) is 15.7 Å². The van der Waals surface area contributed by atoms with E-state index in [9.17, 15) is 23.1 Å². The van der Waals surface area contributed by atoms with Crippen molar-refractivity contribution in [1.82, 2.24) is 5.32 Å². The molecule has 0 bridgehead atoms. The molecule has 1 amide bonds. The van der Waals surface area contributed by atoms with Crippen LogP contribution < -0.4 is 10.6 Å². The van der Waals surface area contributed by atoms with Crippen LogP contribution >= 0.6 is 0 Å². The van der Waals surface area contributed by atoms with Gasteiger partial charge in [0.2, 0.25) is 5.91 Å². The van der Waals surface area contributed by atoms with Crippen molar-refractivity contribution in [2.24, 2.45) is 0 Å². The third-order valence-electron chi connectivity index (χ3n) is 2.82. The molecule has 0 aliphatic carbocycles. The Morgan fingerprint density at radius 2 is 2.20 bits per heavy atom.